The molecule has 34 heavy (non-hydrogen) atoms. The summed E-state index contributed by atoms with van der Waals surface area (Å²) in [6, 6.07) is 2.70. The average molecular weight is 489 g/mol. The Kier molecular flexibility index (Phi) is 5.36. The van der Waals surface area contributed by atoms with Crippen molar-refractivity contribution in [3.05, 3.63) is 52.3 Å². The number of anilines is 1. The Morgan fingerprint density at radius 1 is 1.15 bits per heavy atom. The molecule has 1 fully saturated rings. The quantitative estimate of drug-likeness (QED) is 0.386. The molecule has 1 aliphatic rings. The van der Waals surface area contributed by atoms with Gasteiger partial charge in [0.1, 0.15) is 10.8 Å². The molecule has 0 aliphatic heterocycles. The molecule has 1 saturated carbocycles. The van der Waals surface area contributed by atoms with Crippen LogP contribution in [-0.2, 0) is 6.18 Å². The first-order valence-electron chi connectivity index (χ1n) is 9.88. The number of aromatic nitrogens is 5. The highest BCUT2D eigenvalue weighted by Crippen LogP contribution is 2.38. The van der Waals surface area contributed by atoms with Crippen LogP contribution in [0.25, 0.3) is 33.2 Å². The lowest BCUT2D eigenvalue weighted by atomic mass is 10.0. The zero-order valence-electron chi connectivity index (χ0n) is 17.0. The lowest BCUT2D eigenvalue weighted by Crippen LogP contribution is -2.30. The number of aromatic amines is 1. The van der Waals surface area contributed by atoms with Gasteiger partial charge in [-0.2, -0.15) is 13.2 Å². The maximum Gasteiger partial charge on any atom is 0.434 e. The van der Waals surface area contributed by atoms with Gasteiger partial charge in [-0.25, -0.2) is 24.7 Å². The molecule has 0 aromatic carbocycles. The van der Waals surface area contributed by atoms with Crippen LogP contribution >= 0.6 is 11.3 Å². The predicted molar refractivity (Wildman–Crippen MR) is 115 cm³/mol. The molecular formula is C20H14F3N7O3S. The molecule has 2 amide bonds. The van der Waals surface area contributed by atoms with Gasteiger partial charge < -0.3 is 9.73 Å². The van der Waals surface area contributed by atoms with Gasteiger partial charge in [0.15, 0.2) is 5.69 Å². The summed E-state index contributed by atoms with van der Waals surface area (Å²) in [5.41, 5.74) is 0.510. The maximum atomic E-state index is 13.2. The summed E-state index contributed by atoms with van der Waals surface area (Å²) in [5, 5.41) is 12.2. The second kappa shape index (κ2) is 8.37. The molecule has 0 atom stereocenters. The number of nitrogens with one attached hydrogen (secondary N) is 3. The van der Waals surface area contributed by atoms with Crippen LogP contribution in [0.3, 0.4) is 0 Å². The van der Waals surface area contributed by atoms with Crippen LogP contribution in [-0.4, -0.2) is 37.2 Å². The molecule has 3 N–H and O–H groups in total. The van der Waals surface area contributed by atoms with Crippen molar-refractivity contribution in [2.45, 2.75) is 25.1 Å². The van der Waals surface area contributed by atoms with Crippen molar-refractivity contribution in [3.8, 4) is 33.2 Å². The Morgan fingerprint density at radius 3 is 2.62 bits per heavy atom. The maximum absolute atomic E-state index is 13.2. The van der Waals surface area contributed by atoms with Crippen molar-refractivity contribution in [2.24, 2.45) is 0 Å². The van der Waals surface area contributed by atoms with Gasteiger partial charge in [0.05, 0.1) is 5.56 Å². The lowest BCUT2D eigenvalue weighted by molar-refractivity contribution is -0.140. The topological polar surface area (TPSA) is 139 Å². The summed E-state index contributed by atoms with van der Waals surface area (Å²) in [6.07, 6.45) is 1.47. The van der Waals surface area contributed by atoms with Gasteiger partial charge in [-0.05, 0) is 25.0 Å². The highest BCUT2D eigenvalue weighted by molar-refractivity contribution is 7.13. The van der Waals surface area contributed by atoms with Crippen LogP contribution in [0.2, 0.25) is 0 Å². The van der Waals surface area contributed by atoms with Crippen molar-refractivity contribution in [2.75, 3.05) is 5.32 Å². The van der Waals surface area contributed by atoms with Gasteiger partial charge in [0.25, 0.3) is 5.89 Å². The number of thiazole rings is 1. The number of halogens is 3. The number of hydrogen-bond donors (Lipinski definition) is 3. The van der Waals surface area contributed by atoms with Crippen LogP contribution in [0, 0.1) is 0 Å². The Hall–Kier alpha value is -4.07. The molecule has 4 aromatic heterocycles. The second-order valence-corrected chi connectivity index (χ2v) is 8.26. The first-order chi connectivity index (χ1) is 16.3. The second-order valence-electron chi connectivity index (χ2n) is 7.40. The van der Waals surface area contributed by atoms with Crippen molar-refractivity contribution in [1.29, 1.82) is 0 Å². The van der Waals surface area contributed by atoms with E-state index in [1.54, 1.807) is 6.07 Å². The van der Waals surface area contributed by atoms with Crippen molar-refractivity contribution in [3.63, 3.8) is 0 Å². The van der Waals surface area contributed by atoms with Gasteiger partial charge in [0.2, 0.25) is 0 Å². The van der Waals surface area contributed by atoms with E-state index in [1.165, 1.54) is 24.7 Å². The molecule has 174 valence electrons. The minimum atomic E-state index is -4.61. The zero-order valence-corrected chi connectivity index (χ0v) is 17.8. The first-order valence-corrected chi connectivity index (χ1v) is 10.8. The van der Waals surface area contributed by atoms with E-state index >= 15 is 0 Å². The van der Waals surface area contributed by atoms with E-state index < -0.39 is 23.7 Å². The third kappa shape index (κ3) is 4.66. The van der Waals surface area contributed by atoms with E-state index in [1.807, 2.05) is 0 Å². The molecular weight excluding hydrogens is 475 g/mol. The summed E-state index contributed by atoms with van der Waals surface area (Å²) in [6.45, 7) is 0. The molecule has 10 nitrogen and oxygen atoms in total. The third-order valence-electron chi connectivity index (χ3n) is 4.82. The smallest absolute Gasteiger partial charge is 0.388 e. The zero-order chi connectivity index (χ0) is 23.9. The number of carbonyl (C=O) groups excluding carboxylic acids is 1. The Morgan fingerprint density at radius 2 is 1.94 bits per heavy atom. The van der Waals surface area contributed by atoms with Crippen LogP contribution in [0.4, 0.5) is 23.8 Å². The molecule has 0 saturated heterocycles. The number of carbonyl (C=O) groups is 1. The van der Waals surface area contributed by atoms with Gasteiger partial charge >= 0.3 is 18.0 Å². The molecule has 0 unspecified atom stereocenters. The van der Waals surface area contributed by atoms with Gasteiger partial charge in [-0.3, -0.25) is 10.3 Å². The molecule has 0 spiro atoms. The van der Waals surface area contributed by atoms with E-state index in [9.17, 15) is 22.8 Å². The van der Waals surface area contributed by atoms with Gasteiger partial charge in [0, 0.05) is 46.7 Å². The predicted octanol–water partition coefficient (Wildman–Crippen LogP) is 3.91. The largest absolute Gasteiger partial charge is 0.434 e. The fourth-order valence-corrected chi connectivity index (χ4v) is 3.94. The Balaban J connectivity index is 1.56. The molecule has 4 heterocycles. The van der Waals surface area contributed by atoms with Crippen molar-refractivity contribution >= 4 is 23.2 Å². The SMILES string of the molecule is O=C(Nc1cc(-c2nc(C(F)(F)F)cs2)c(-c2cncc(-c3n[nH]c(=O)o3)c2)cn1)NC1CC1. The molecule has 1 aliphatic carbocycles. The lowest BCUT2D eigenvalue weighted by Gasteiger charge is -2.11. The minimum Gasteiger partial charge on any atom is -0.388 e. The molecule has 14 heteroatoms. The standard InChI is InChI=1S/C20H14F3N7O3S/c21-20(22,23)14-8-34-17(27-14)12-4-15(28-18(31)26-11-1-2-11)25-7-13(12)9-3-10(6-24-5-9)16-29-30-19(32)33-16/h3-8,11H,1-2H2,(H,30,32)(H2,25,26,28,31). The van der Waals surface area contributed by atoms with Crippen molar-refractivity contribution < 1.29 is 22.4 Å². The number of urea groups is 1. The first kappa shape index (κ1) is 21.8. The third-order valence-corrected chi connectivity index (χ3v) is 5.69. The molecule has 4 aromatic rings. The normalized spacial score (nSPS) is 13.6. The highest BCUT2D eigenvalue weighted by Gasteiger charge is 2.34. The molecule has 0 radical (unpaired) electrons. The van der Waals surface area contributed by atoms with Crippen LogP contribution < -0.4 is 16.4 Å². The fraction of sp³-hybridized carbons (Fsp3) is 0.200. The van der Waals surface area contributed by atoms with Crippen LogP contribution in [0.1, 0.15) is 18.5 Å². The number of pyridine rings is 2. The number of hydrogen-bond acceptors (Lipinski definition) is 8. The summed E-state index contributed by atoms with van der Waals surface area (Å²) in [7, 11) is 0. The summed E-state index contributed by atoms with van der Waals surface area (Å²) in [5.74, 6) is -0.606. The number of nitrogens with zero attached hydrogens (tertiary/aromatic N) is 4. The van der Waals surface area contributed by atoms with Gasteiger partial charge in [-0.1, -0.05) is 0 Å². The monoisotopic (exact) mass is 489 g/mol. The van der Waals surface area contributed by atoms with E-state index in [-0.39, 0.29) is 22.8 Å². The van der Waals surface area contributed by atoms with Gasteiger partial charge in [-0.15, -0.1) is 16.4 Å². The Labute approximate surface area is 192 Å². The van der Waals surface area contributed by atoms with E-state index in [0.29, 0.717) is 22.3 Å². The summed E-state index contributed by atoms with van der Waals surface area (Å²) in [4.78, 5) is 35.5. The number of rotatable bonds is 5. The average Bonchev–Trinajstić information content (AvgIpc) is 3.27. The summed E-state index contributed by atoms with van der Waals surface area (Å²) >= 11 is 0.806. The van der Waals surface area contributed by atoms with E-state index in [2.05, 4.69) is 35.8 Å². The Bertz CT molecular complexity index is 1430. The molecule has 5 rings (SSSR count). The number of H-pyrrole nitrogens is 1. The van der Waals surface area contributed by atoms with E-state index in [0.717, 1.165) is 29.6 Å². The van der Waals surface area contributed by atoms with E-state index in [4.69, 9.17) is 4.42 Å². The van der Waals surface area contributed by atoms with Crippen LogP contribution in [0.15, 0.2) is 45.3 Å². The van der Waals surface area contributed by atoms with Crippen LogP contribution in [0.5, 0.6) is 0 Å². The number of alkyl halides is 3. The fourth-order valence-electron chi connectivity index (χ4n) is 3.08. The number of amides is 2. The minimum absolute atomic E-state index is 0.00232. The molecule has 0 bridgehead atoms. The van der Waals surface area contributed by atoms with Crippen molar-refractivity contribution in [1.82, 2.24) is 30.5 Å². The summed E-state index contributed by atoms with van der Waals surface area (Å²) < 4.78 is 44.5. The highest BCUT2D eigenvalue weighted by atomic mass is 32.1.